The molecule has 0 aliphatic heterocycles. The lowest BCUT2D eigenvalue weighted by Crippen LogP contribution is -2.01. The number of benzene rings is 6. The Hall–Kier alpha value is -5.81. The summed E-state index contributed by atoms with van der Waals surface area (Å²) in [5.41, 5.74) is 10.2. The van der Waals surface area contributed by atoms with Crippen LogP contribution < -0.4 is 5.73 Å². The topological polar surface area (TPSA) is 77.8 Å². The molecular weight excluding hydrogens is 528 g/mol. The predicted molar refractivity (Wildman–Crippen MR) is 176 cm³/mol. The average Bonchev–Trinajstić information content (AvgIpc) is 3.39. The molecule has 0 aliphatic carbocycles. The Labute approximate surface area is 248 Å². The zero-order valence-electron chi connectivity index (χ0n) is 23.5. The molecule has 0 radical (unpaired) electrons. The second kappa shape index (κ2) is 9.93. The van der Waals surface area contributed by atoms with E-state index in [1.807, 2.05) is 55.5 Å². The van der Waals surface area contributed by atoms with Crippen LogP contribution in [0.3, 0.4) is 0 Å². The van der Waals surface area contributed by atoms with Crippen LogP contribution >= 0.6 is 0 Å². The van der Waals surface area contributed by atoms with Gasteiger partial charge in [-0.1, -0.05) is 103 Å². The molecule has 0 saturated carbocycles. The van der Waals surface area contributed by atoms with Crippen LogP contribution in [0, 0.1) is 6.92 Å². The Bertz CT molecular complexity index is 2370. The van der Waals surface area contributed by atoms with Gasteiger partial charge in [0.2, 0.25) is 0 Å². The summed E-state index contributed by atoms with van der Waals surface area (Å²) in [4.78, 5) is 15.4. The van der Waals surface area contributed by atoms with Crippen LogP contribution in [-0.2, 0) is 0 Å². The molecule has 0 spiro atoms. The number of nitrogens with zero attached hydrogens (tertiary/aromatic N) is 3. The lowest BCUT2D eigenvalue weighted by molar-refractivity contribution is 0.601. The molecule has 5 heteroatoms. The molecule has 0 amide bonds. The van der Waals surface area contributed by atoms with Crippen LogP contribution in [0.1, 0.15) is 11.3 Å². The van der Waals surface area contributed by atoms with E-state index in [1.165, 1.54) is 22.4 Å². The second-order valence-electron chi connectivity index (χ2n) is 10.7. The van der Waals surface area contributed by atoms with Crippen molar-refractivity contribution in [3.8, 4) is 34.2 Å². The van der Waals surface area contributed by atoms with Crippen molar-refractivity contribution < 1.29 is 4.42 Å². The highest BCUT2D eigenvalue weighted by molar-refractivity contribution is 6.22. The van der Waals surface area contributed by atoms with E-state index in [0.717, 1.165) is 55.1 Å². The first-order chi connectivity index (χ1) is 21.2. The largest absolute Gasteiger partial charge is 0.456 e. The normalized spacial score (nSPS) is 11.8. The number of rotatable bonds is 4. The molecule has 0 saturated heterocycles. The first-order valence-corrected chi connectivity index (χ1v) is 14.3. The fourth-order valence-electron chi connectivity index (χ4n) is 6.15. The van der Waals surface area contributed by atoms with E-state index >= 15 is 0 Å². The molecule has 204 valence electrons. The average molecular weight is 555 g/mol. The fraction of sp³-hybridized carbons (Fsp3) is 0.0263. The third kappa shape index (κ3) is 4.05. The first-order valence-electron chi connectivity index (χ1n) is 14.3. The van der Waals surface area contributed by atoms with Crippen LogP contribution in [0.4, 0.5) is 0 Å². The van der Waals surface area contributed by atoms with Gasteiger partial charge in [0.15, 0.2) is 17.5 Å². The SMILES string of the molecule is Cc1c(/C=C\N)oc2cccc(-c3nc(-c4ccccc4)nc(-c4cc5ccccc5c5ccc6ccccc6c45)n3)c12. The molecule has 8 rings (SSSR count). The molecule has 2 aromatic heterocycles. The van der Waals surface area contributed by atoms with Gasteiger partial charge in [-0.3, -0.25) is 0 Å². The van der Waals surface area contributed by atoms with Gasteiger partial charge < -0.3 is 10.2 Å². The number of aryl methyl sites for hydroxylation is 1. The van der Waals surface area contributed by atoms with Gasteiger partial charge in [0, 0.05) is 33.0 Å². The molecule has 0 fully saturated rings. The molecular formula is C38H26N4O. The fourth-order valence-corrected chi connectivity index (χ4v) is 6.15. The van der Waals surface area contributed by atoms with Crippen LogP contribution in [-0.4, -0.2) is 15.0 Å². The van der Waals surface area contributed by atoms with E-state index in [-0.39, 0.29) is 0 Å². The van der Waals surface area contributed by atoms with Crippen molar-refractivity contribution in [3.05, 3.63) is 133 Å². The van der Waals surface area contributed by atoms with Crippen LogP contribution in [0.15, 0.2) is 126 Å². The maximum absolute atomic E-state index is 6.15. The highest BCUT2D eigenvalue weighted by atomic mass is 16.3. The second-order valence-corrected chi connectivity index (χ2v) is 10.7. The van der Waals surface area contributed by atoms with Crippen molar-refractivity contribution in [2.24, 2.45) is 5.73 Å². The Morgan fingerprint density at radius 2 is 1.28 bits per heavy atom. The van der Waals surface area contributed by atoms with E-state index in [4.69, 9.17) is 25.1 Å². The molecule has 2 N–H and O–H groups in total. The van der Waals surface area contributed by atoms with Gasteiger partial charge in [-0.2, -0.15) is 0 Å². The van der Waals surface area contributed by atoms with Gasteiger partial charge in [-0.25, -0.2) is 15.0 Å². The maximum Gasteiger partial charge on any atom is 0.164 e. The summed E-state index contributed by atoms with van der Waals surface area (Å²) in [6, 6.07) is 39.7. The third-order valence-electron chi connectivity index (χ3n) is 8.14. The van der Waals surface area contributed by atoms with E-state index in [9.17, 15) is 0 Å². The number of nitrogens with two attached hydrogens (primary N) is 1. The summed E-state index contributed by atoms with van der Waals surface area (Å²) < 4.78 is 6.15. The molecule has 0 aliphatic rings. The number of hydrogen-bond acceptors (Lipinski definition) is 5. The zero-order chi connectivity index (χ0) is 28.9. The number of fused-ring (bicyclic) bond motifs is 6. The Balaban J connectivity index is 1.49. The van der Waals surface area contributed by atoms with Crippen molar-refractivity contribution in [2.75, 3.05) is 0 Å². The summed E-state index contributed by atoms with van der Waals surface area (Å²) in [5.74, 6) is 2.54. The summed E-state index contributed by atoms with van der Waals surface area (Å²) in [7, 11) is 0. The molecule has 2 heterocycles. The van der Waals surface area contributed by atoms with Gasteiger partial charge in [0.25, 0.3) is 0 Å². The van der Waals surface area contributed by atoms with E-state index in [2.05, 4.69) is 66.7 Å². The van der Waals surface area contributed by atoms with E-state index in [0.29, 0.717) is 17.5 Å². The standard InChI is InChI=1S/C38H26N4O/c1-23-32(20-21-39)43-33-17-9-16-30(34(23)33)37-40-36(25-11-3-2-4-12-25)41-38(42-37)31-22-26-13-6-7-14-27(26)29-19-18-24-10-5-8-15-28(24)35(29)31/h2-22H,39H2,1H3/b21-20-. The minimum Gasteiger partial charge on any atom is -0.456 e. The number of furan rings is 1. The van der Waals surface area contributed by atoms with Gasteiger partial charge in [-0.15, -0.1) is 0 Å². The molecule has 8 aromatic rings. The zero-order valence-corrected chi connectivity index (χ0v) is 23.5. The lowest BCUT2D eigenvalue weighted by Gasteiger charge is -2.14. The summed E-state index contributed by atoms with van der Waals surface area (Å²) in [6.45, 7) is 2.04. The Kier molecular flexibility index (Phi) is 5.76. The number of aromatic nitrogens is 3. The van der Waals surface area contributed by atoms with Crippen molar-refractivity contribution in [3.63, 3.8) is 0 Å². The molecule has 0 bridgehead atoms. The highest BCUT2D eigenvalue weighted by Gasteiger charge is 2.20. The Morgan fingerprint density at radius 1 is 0.581 bits per heavy atom. The van der Waals surface area contributed by atoms with Crippen molar-refractivity contribution >= 4 is 49.4 Å². The van der Waals surface area contributed by atoms with Gasteiger partial charge in [0.05, 0.1) is 0 Å². The Morgan fingerprint density at radius 3 is 2.09 bits per heavy atom. The quantitative estimate of drug-likeness (QED) is 0.219. The number of hydrogen-bond donors (Lipinski definition) is 1. The molecule has 43 heavy (non-hydrogen) atoms. The van der Waals surface area contributed by atoms with Crippen LogP contribution in [0.2, 0.25) is 0 Å². The predicted octanol–water partition coefficient (Wildman–Crippen LogP) is 9.32. The lowest BCUT2D eigenvalue weighted by atomic mass is 9.92. The minimum atomic E-state index is 0.586. The first kappa shape index (κ1) is 24.9. The third-order valence-corrected chi connectivity index (χ3v) is 8.14. The molecule has 0 atom stereocenters. The molecule has 0 unspecified atom stereocenters. The maximum atomic E-state index is 6.15. The molecule has 5 nitrogen and oxygen atoms in total. The van der Waals surface area contributed by atoms with Crippen LogP contribution in [0.5, 0.6) is 0 Å². The van der Waals surface area contributed by atoms with E-state index < -0.39 is 0 Å². The summed E-state index contributed by atoms with van der Waals surface area (Å²) in [5, 5.41) is 7.92. The highest BCUT2D eigenvalue weighted by Crippen LogP contribution is 2.40. The summed E-state index contributed by atoms with van der Waals surface area (Å²) >= 11 is 0. The van der Waals surface area contributed by atoms with E-state index in [1.54, 1.807) is 6.08 Å². The molecule has 6 aromatic carbocycles. The van der Waals surface area contributed by atoms with Crippen molar-refractivity contribution in [1.29, 1.82) is 0 Å². The smallest absolute Gasteiger partial charge is 0.164 e. The van der Waals surface area contributed by atoms with Gasteiger partial charge >= 0.3 is 0 Å². The van der Waals surface area contributed by atoms with Crippen molar-refractivity contribution in [2.45, 2.75) is 6.92 Å². The van der Waals surface area contributed by atoms with Gasteiger partial charge in [0.1, 0.15) is 11.3 Å². The summed E-state index contributed by atoms with van der Waals surface area (Å²) in [6.07, 6.45) is 3.27. The van der Waals surface area contributed by atoms with Crippen molar-refractivity contribution in [1.82, 2.24) is 15.0 Å². The monoisotopic (exact) mass is 554 g/mol. The minimum absolute atomic E-state index is 0.586. The van der Waals surface area contributed by atoms with Crippen LogP contribution in [0.25, 0.3) is 83.5 Å². The van der Waals surface area contributed by atoms with Gasteiger partial charge in [-0.05, 0) is 58.3 Å².